The van der Waals surface area contributed by atoms with E-state index in [0.29, 0.717) is 18.2 Å². The summed E-state index contributed by atoms with van der Waals surface area (Å²) in [5.41, 5.74) is 1.66. The molecule has 1 aromatic heterocycles. The smallest absolute Gasteiger partial charge is 0.426 e. The zero-order valence-corrected chi connectivity index (χ0v) is 19.6. The van der Waals surface area contributed by atoms with Crippen LogP contribution in [0.2, 0.25) is 0 Å². The molecule has 2 amide bonds. The number of pyridine rings is 1. The van der Waals surface area contributed by atoms with Gasteiger partial charge in [0.05, 0.1) is 22.8 Å². The zero-order valence-electron chi connectivity index (χ0n) is 19.6. The van der Waals surface area contributed by atoms with Crippen molar-refractivity contribution in [3.63, 3.8) is 0 Å². The van der Waals surface area contributed by atoms with Crippen molar-refractivity contribution < 1.29 is 28.0 Å². The van der Waals surface area contributed by atoms with E-state index in [1.807, 2.05) is 42.5 Å². The fourth-order valence-corrected chi connectivity index (χ4v) is 3.53. The fraction of sp³-hybridized carbons (Fsp3) is 0.192. The monoisotopic (exact) mass is 508 g/mol. The molecule has 11 heteroatoms. The molecule has 3 aromatic rings. The minimum Gasteiger partial charge on any atom is -0.426 e. The first-order valence-corrected chi connectivity index (χ1v) is 11.3. The molecular formula is C26H24BF3N4O3. The quantitative estimate of drug-likeness (QED) is 0.260. The molecule has 0 saturated carbocycles. The lowest BCUT2D eigenvalue weighted by Crippen LogP contribution is -2.51. The molecule has 1 unspecified atom stereocenters. The van der Waals surface area contributed by atoms with Gasteiger partial charge in [0.1, 0.15) is 6.07 Å². The number of carbonyl (C=O) groups excluding carboxylic acids is 1. The Bertz CT molecular complexity index is 1260. The highest BCUT2D eigenvalue weighted by atomic mass is 19.4. The number of nitriles is 1. The highest BCUT2D eigenvalue weighted by Crippen LogP contribution is 2.29. The normalized spacial score (nSPS) is 12.4. The molecule has 4 N–H and O–H groups in total. The minimum absolute atomic E-state index is 0.107. The Balaban J connectivity index is 1.58. The molecule has 0 aliphatic carbocycles. The summed E-state index contributed by atoms with van der Waals surface area (Å²) < 4.78 is 38.3. The summed E-state index contributed by atoms with van der Waals surface area (Å²) >= 11 is 0. The topological polar surface area (TPSA) is 118 Å². The van der Waals surface area contributed by atoms with E-state index in [9.17, 15) is 33.3 Å². The molecule has 0 aliphatic rings. The number of aromatic nitrogens is 1. The summed E-state index contributed by atoms with van der Waals surface area (Å²) in [6.45, 7) is 0.254. The van der Waals surface area contributed by atoms with Crippen LogP contribution in [0.15, 0.2) is 72.9 Å². The minimum atomic E-state index is -4.51. The summed E-state index contributed by atoms with van der Waals surface area (Å²) in [6.07, 6.45) is -1.61. The number of nitrogens with zero attached hydrogens (tertiary/aromatic N) is 2. The Morgan fingerprint density at radius 3 is 2.43 bits per heavy atom. The second-order valence-corrected chi connectivity index (χ2v) is 8.20. The van der Waals surface area contributed by atoms with E-state index in [0.717, 1.165) is 23.3 Å². The Hall–Kier alpha value is -4.14. The average Bonchev–Trinajstić information content (AvgIpc) is 2.87. The van der Waals surface area contributed by atoms with Crippen LogP contribution >= 0.6 is 0 Å². The number of hydrogen-bond acceptors (Lipinski definition) is 5. The molecule has 0 fully saturated rings. The number of amides is 2. The van der Waals surface area contributed by atoms with E-state index in [2.05, 4.69) is 15.6 Å². The fourth-order valence-electron chi connectivity index (χ4n) is 3.53. The van der Waals surface area contributed by atoms with E-state index in [1.54, 1.807) is 18.2 Å². The summed E-state index contributed by atoms with van der Waals surface area (Å²) in [5, 5.41) is 33.9. The van der Waals surface area contributed by atoms with Gasteiger partial charge in [0.2, 0.25) is 0 Å². The Kier molecular flexibility index (Phi) is 9.43. The van der Waals surface area contributed by atoms with Crippen LogP contribution in [0.4, 0.5) is 18.0 Å². The summed E-state index contributed by atoms with van der Waals surface area (Å²) in [5.74, 6) is -0.890. The molecule has 0 bridgehead atoms. The number of benzene rings is 2. The SMILES string of the molecule is N#C/C(=C\c1cccc(CCNC(=O)NC(Cc2ccccc2)B(O)O)c1)c1ccc(C(F)(F)F)cn1. The Labute approximate surface area is 212 Å². The van der Waals surface area contributed by atoms with E-state index < -0.39 is 30.8 Å². The number of rotatable bonds is 9. The number of nitrogens with one attached hydrogen (secondary N) is 2. The number of urea groups is 1. The van der Waals surface area contributed by atoms with Gasteiger partial charge in [0.15, 0.2) is 0 Å². The lowest BCUT2D eigenvalue weighted by Gasteiger charge is -2.18. The summed E-state index contributed by atoms with van der Waals surface area (Å²) in [6, 6.07) is 19.7. The lowest BCUT2D eigenvalue weighted by atomic mass is 9.76. The number of halogens is 3. The van der Waals surface area contributed by atoms with Crippen molar-refractivity contribution >= 4 is 24.8 Å². The van der Waals surface area contributed by atoms with Gasteiger partial charge in [-0.1, -0.05) is 54.6 Å². The summed E-state index contributed by atoms with van der Waals surface area (Å²) in [4.78, 5) is 16.0. The van der Waals surface area contributed by atoms with Crippen molar-refractivity contribution in [3.05, 3.63) is 101 Å². The van der Waals surface area contributed by atoms with Crippen LogP contribution < -0.4 is 10.6 Å². The number of allylic oxidation sites excluding steroid dienone is 1. The van der Waals surface area contributed by atoms with Gasteiger partial charge in [-0.05, 0) is 47.7 Å². The number of carbonyl (C=O) groups is 1. The predicted octanol–water partition coefficient (Wildman–Crippen LogP) is 3.63. The first kappa shape index (κ1) is 27.5. The van der Waals surface area contributed by atoms with Crippen LogP contribution in [0.25, 0.3) is 11.6 Å². The van der Waals surface area contributed by atoms with Crippen molar-refractivity contribution in [2.24, 2.45) is 0 Å². The molecule has 1 atom stereocenters. The maximum atomic E-state index is 12.8. The van der Waals surface area contributed by atoms with Gasteiger partial charge in [-0.25, -0.2) is 4.79 Å². The van der Waals surface area contributed by atoms with Gasteiger partial charge >= 0.3 is 19.3 Å². The molecule has 2 aromatic carbocycles. The predicted molar refractivity (Wildman–Crippen MR) is 134 cm³/mol. The molecule has 0 radical (unpaired) electrons. The first-order valence-electron chi connectivity index (χ1n) is 11.3. The van der Waals surface area contributed by atoms with Gasteiger partial charge in [0.25, 0.3) is 0 Å². The van der Waals surface area contributed by atoms with Crippen molar-refractivity contribution in [1.29, 1.82) is 5.26 Å². The van der Waals surface area contributed by atoms with Crippen molar-refractivity contribution in [1.82, 2.24) is 15.6 Å². The van der Waals surface area contributed by atoms with Crippen LogP contribution in [-0.4, -0.2) is 40.7 Å². The van der Waals surface area contributed by atoms with Gasteiger partial charge in [-0.3, -0.25) is 4.98 Å². The highest BCUT2D eigenvalue weighted by molar-refractivity contribution is 6.43. The third kappa shape index (κ3) is 8.49. The summed E-state index contributed by atoms with van der Waals surface area (Å²) in [7, 11) is -1.73. The van der Waals surface area contributed by atoms with Crippen molar-refractivity contribution in [2.45, 2.75) is 25.0 Å². The zero-order chi connectivity index (χ0) is 26.8. The second kappa shape index (κ2) is 12.7. The second-order valence-electron chi connectivity index (χ2n) is 8.20. The van der Waals surface area contributed by atoms with Gasteiger partial charge < -0.3 is 20.7 Å². The molecule has 3 rings (SSSR count). The largest absolute Gasteiger partial charge is 0.475 e. The maximum absolute atomic E-state index is 12.8. The maximum Gasteiger partial charge on any atom is 0.475 e. The van der Waals surface area contributed by atoms with Gasteiger partial charge in [0, 0.05) is 12.7 Å². The van der Waals surface area contributed by atoms with Gasteiger partial charge in [-0.2, -0.15) is 18.4 Å². The molecule has 0 aliphatic heterocycles. The number of hydrogen-bond donors (Lipinski definition) is 4. The Morgan fingerprint density at radius 1 is 1.08 bits per heavy atom. The average molecular weight is 508 g/mol. The van der Waals surface area contributed by atoms with Crippen LogP contribution in [0.3, 0.4) is 0 Å². The third-order valence-corrected chi connectivity index (χ3v) is 5.42. The third-order valence-electron chi connectivity index (χ3n) is 5.42. The number of alkyl halides is 3. The molecule has 7 nitrogen and oxygen atoms in total. The van der Waals surface area contributed by atoms with Crippen LogP contribution in [-0.2, 0) is 19.0 Å². The van der Waals surface area contributed by atoms with Crippen LogP contribution in [0.1, 0.15) is 27.9 Å². The van der Waals surface area contributed by atoms with Gasteiger partial charge in [-0.15, -0.1) is 0 Å². The van der Waals surface area contributed by atoms with E-state index >= 15 is 0 Å². The van der Waals surface area contributed by atoms with Crippen molar-refractivity contribution in [2.75, 3.05) is 6.54 Å². The lowest BCUT2D eigenvalue weighted by molar-refractivity contribution is -0.137. The highest BCUT2D eigenvalue weighted by Gasteiger charge is 2.30. The molecule has 0 spiro atoms. The van der Waals surface area contributed by atoms with E-state index in [4.69, 9.17) is 0 Å². The molecule has 0 saturated heterocycles. The van der Waals surface area contributed by atoms with Crippen LogP contribution in [0.5, 0.6) is 0 Å². The molecule has 190 valence electrons. The molecular weight excluding hydrogens is 484 g/mol. The first-order chi connectivity index (χ1) is 17.7. The van der Waals surface area contributed by atoms with E-state index in [1.165, 1.54) is 6.08 Å². The Morgan fingerprint density at radius 2 is 1.81 bits per heavy atom. The van der Waals surface area contributed by atoms with E-state index in [-0.39, 0.29) is 24.2 Å². The molecule has 1 heterocycles. The standard InChI is InChI=1S/C26H24BF3N4O3/c28-26(29,30)22-9-10-23(33-17-22)21(16-31)14-20-8-4-7-19(13-20)11-12-32-25(35)34-24(27(36)37)15-18-5-2-1-3-6-18/h1-10,13-14,17,24,36-37H,11-12,15H2,(H2,32,34,35)/b21-14+. The van der Waals surface area contributed by atoms with Crippen LogP contribution in [0, 0.1) is 11.3 Å². The molecule has 37 heavy (non-hydrogen) atoms. The van der Waals surface area contributed by atoms with Crippen molar-refractivity contribution in [3.8, 4) is 6.07 Å².